The Labute approximate surface area is 126 Å². The molecule has 1 saturated carbocycles. The lowest BCUT2D eigenvalue weighted by Crippen LogP contribution is -2.45. The molecule has 0 unspecified atom stereocenters. The fourth-order valence-electron chi connectivity index (χ4n) is 4.18. The predicted molar refractivity (Wildman–Crippen MR) is 88.0 cm³/mol. The van der Waals surface area contributed by atoms with E-state index in [1.54, 1.807) is 0 Å². The van der Waals surface area contributed by atoms with Gasteiger partial charge >= 0.3 is 0 Å². The van der Waals surface area contributed by atoms with Gasteiger partial charge in [-0.3, -0.25) is 0 Å². The molecule has 0 radical (unpaired) electrons. The smallest absolute Gasteiger partial charge is 0.00954 e. The standard InChI is InChI=1S/C18H36N2/c1-5-19-14-15-10-12-20(13-11-15)17-8-6-16(7-9-17)18(2,3)4/h15-17,19H,5-14H2,1-4H3. The van der Waals surface area contributed by atoms with E-state index in [0.29, 0.717) is 5.41 Å². The molecule has 0 aromatic heterocycles. The Morgan fingerprint density at radius 3 is 2.05 bits per heavy atom. The number of rotatable bonds is 4. The monoisotopic (exact) mass is 280 g/mol. The van der Waals surface area contributed by atoms with Gasteiger partial charge in [0.05, 0.1) is 0 Å². The molecule has 2 aliphatic rings. The van der Waals surface area contributed by atoms with E-state index in [-0.39, 0.29) is 0 Å². The summed E-state index contributed by atoms with van der Waals surface area (Å²) in [5.41, 5.74) is 0.518. The van der Waals surface area contributed by atoms with Crippen molar-refractivity contribution in [2.45, 2.75) is 72.3 Å². The minimum Gasteiger partial charge on any atom is -0.317 e. The van der Waals surface area contributed by atoms with Gasteiger partial charge in [0.2, 0.25) is 0 Å². The molecule has 1 heterocycles. The molecule has 2 heteroatoms. The van der Waals surface area contributed by atoms with Crippen LogP contribution in [0.5, 0.6) is 0 Å². The Kier molecular flexibility index (Phi) is 5.92. The second-order valence-electron chi connectivity index (χ2n) is 8.16. The van der Waals surface area contributed by atoms with Gasteiger partial charge in [-0.15, -0.1) is 0 Å². The van der Waals surface area contributed by atoms with Crippen LogP contribution >= 0.6 is 0 Å². The SMILES string of the molecule is CCNCC1CCN(C2CCC(C(C)(C)C)CC2)CC1. The molecule has 0 aromatic rings. The van der Waals surface area contributed by atoms with Crippen LogP contribution in [0.3, 0.4) is 0 Å². The topological polar surface area (TPSA) is 15.3 Å². The average molecular weight is 280 g/mol. The Bertz CT molecular complexity index is 266. The van der Waals surface area contributed by atoms with Gasteiger partial charge in [-0.25, -0.2) is 0 Å². The van der Waals surface area contributed by atoms with Crippen molar-refractivity contribution < 1.29 is 0 Å². The van der Waals surface area contributed by atoms with E-state index in [1.807, 2.05) is 0 Å². The van der Waals surface area contributed by atoms with E-state index >= 15 is 0 Å². The first-order valence-corrected chi connectivity index (χ1v) is 8.95. The van der Waals surface area contributed by atoms with Crippen molar-refractivity contribution in [3.05, 3.63) is 0 Å². The summed E-state index contributed by atoms with van der Waals surface area (Å²) >= 11 is 0. The summed E-state index contributed by atoms with van der Waals surface area (Å²) in [6.45, 7) is 14.5. The van der Waals surface area contributed by atoms with Gasteiger partial charge in [-0.2, -0.15) is 0 Å². The fraction of sp³-hybridized carbons (Fsp3) is 1.00. The first-order chi connectivity index (χ1) is 9.50. The maximum atomic E-state index is 3.52. The van der Waals surface area contributed by atoms with Gasteiger partial charge in [0.1, 0.15) is 0 Å². The number of hydrogen-bond donors (Lipinski definition) is 1. The molecule has 1 aliphatic carbocycles. The van der Waals surface area contributed by atoms with Gasteiger partial charge in [0.15, 0.2) is 0 Å². The van der Waals surface area contributed by atoms with E-state index < -0.39 is 0 Å². The van der Waals surface area contributed by atoms with E-state index in [0.717, 1.165) is 24.4 Å². The third-order valence-corrected chi connectivity index (χ3v) is 5.77. The van der Waals surface area contributed by atoms with Gasteiger partial charge in [-0.05, 0) is 82.0 Å². The van der Waals surface area contributed by atoms with Gasteiger partial charge in [0, 0.05) is 6.04 Å². The van der Waals surface area contributed by atoms with Crippen LogP contribution in [0.25, 0.3) is 0 Å². The van der Waals surface area contributed by atoms with E-state index in [9.17, 15) is 0 Å². The highest BCUT2D eigenvalue weighted by Crippen LogP contribution is 2.39. The first kappa shape index (κ1) is 16.3. The first-order valence-electron chi connectivity index (χ1n) is 8.95. The maximum absolute atomic E-state index is 3.52. The zero-order valence-corrected chi connectivity index (χ0v) is 14.3. The molecule has 0 spiro atoms. The summed E-state index contributed by atoms with van der Waals surface area (Å²) in [6, 6.07) is 0.897. The molecular weight excluding hydrogens is 244 g/mol. The van der Waals surface area contributed by atoms with Gasteiger partial charge < -0.3 is 10.2 Å². The number of likely N-dealkylation sites (tertiary alicyclic amines) is 1. The van der Waals surface area contributed by atoms with Crippen LogP contribution in [0, 0.1) is 17.3 Å². The summed E-state index contributed by atoms with van der Waals surface area (Å²) in [7, 11) is 0. The molecule has 0 amide bonds. The number of piperidine rings is 1. The molecule has 1 saturated heterocycles. The van der Waals surface area contributed by atoms with Crippen molar-refractivity contribution in [3.63, 3.8) is 0 Å². The van der Waals surface area contributed by atoms with Crippen molar-refractivity contribution in [2.24, 2.45) is 17.3 Å². The summed E-state index contributed by atoms with van der Waals surface area (Å²) in [4.78, 5) is 2.81. The Hall–Kier alpha value is -0.0800. The Morgan fingerprint density at radius 1 is 0.950 bits per heavy atom. The van der Waals surface area contributed by atoms with Crippen molar-refractivity contribution in [3.8, 4) is 0 Å². The molecule has 1 aliphatic heterocycles. The van der Waals surface area contributed by atoms with Crippen LogP contribution in [-0.2, 0) is 0 Å². The average Bonchev–Trinajstić information content (AvgIpc) is 2.45. The van der Waals surface area contributed by atoms with Crippen molar-refractivity contribution >= 4 is 0 Å². The molecule has 0 atom stereocenters. The number of nitrogens with zero attached hydrogens (tertiary/aromatic N) is 1. The highest BCUT2D eigenvalue weighted by atomic mass is 15.2. The summed E-state index contributed by atoms with van der Waals surface area (Å²) < 4.78 is 0. The van der Waals surface area contributed by atoms with Crippen LogP contribution < -0.4 is 5.32 Å². The second-order valence-corrected chi connectivity index (χ2v) is 8.16. The van der Waals surface area contributed by atoms with Crippen molar-refractivity contribution in [2.75, 3.05) is 26.2 Å². The molecule has 2 rings (SSSR count). The lowest BCUT2D eigenvalue weighted by atomic mass is 9.71. The van der Waals surface area contributed by atoms with Gasteiger partial charge in [0.25, 0.3) is 0 Å². The zero-order valence-electron chi connectivity index (χ0n) is 14.3. The normalized spacial score (nSPS) is 30.6. The molecule has 2 nitrogen and oxygen atoms in total. The third-order valence-electron chi connectivity index (χ3n) is 5.77. The lowest BCUT2D eigenvalue weighted by molar-refractivity contribution is 0.0703. The molecule has 0 bridgehead atoms. The summed E-state index contributed by atoms with van der Waals surface area (Å²) in [6.07, 6.45) is 8.61. The van der Waals surface area contributed by atoms with Crippen LogP contribution in [0.15, 0.2) is 0 Å². The quantitative estimate of drug-likeness (QED) is 0.840. The minimum atomic E-state index is 0.518. The van der Waals surface area contributed by atoms with Crippen LogP contribution in [0.1, 0.15) is 66.2 Å². The van der Waals surface area contributed by atoms with Crippen LogP contribution in [-0.4, -0.2) is 37.1 Å². The zero-order chi connectivity index (χ0) is 14.6. The van der Waals surface area contributed by atoms with E-state index in [4.69, 9.17) is 0 Å². The van der Waals surface area contributed by atoms with Crippen molar-refractivity contribution in [1.82, 2.24) is 10.2 Å². The molecule has 118 valence electrons. The van der Waals surface area contributed by atoms with Crippen molar-refractivity contribution in [1.29, 1.82) is 0 Å². The number of hydrogen-bond acceptors (Lipinski definition) is 2. The highest BCUT2D eigenvalue weighted by molar-refractivity contribution is 4.86. The molecular formula is C18H36N2. The lowest BCUT2D eigenvalue weighted by Gasteiger charge is -2.43. The van der Waals surface area contributed by atoms with E-state index in [1.165, 1.54) is 58.2 Å². The van der Waals surface area contributed by atoms with Crippen LogP contribution in [0.2, 0.25) is 0 Å². The largest absolute Gasteiger partial charge is 0.317 e. The molecule has 0 aromatic carbocycles. The van der Waals surface area contributed by atoms with Gasteiger partial charge in [-0.1, -0.05) is 27.7 Å². The predicted octanol–water partition coefficient (Wildman–Crippen LogP) is 3.91. The fourth-order valence-corrected chi connectivity index (χ4v) is 4.18. The number of nitrogens with one attached hydrogen (secondary N) is 1. The van der Waals surface area contributed by atoms with E-state index in [2.05, 4.69) is 37.9 Å². The third kappa shape index (κ3) is 4.46. The Balaban J connectivity index is 1.70. The maximum Gasteiger partial charge on any atom is 0.00954 e. The van der Waals surface area contributed by atoms with Crippen LogP contribution in [0.4, 0.5) is 0 Å². The highest BCUT2D eigenvalue weighted by Gasteiger charge is 2.33. The second kappa shape index (κ2) is 7.26. The Morgan fingerprint density at radius 2 is 1.55 bits per heavy atom. The molecule has 2 fully saturated rings. The molecule has 20 heavy (non-hydrogen) atoms. The summed E-state index contributed by atoms with van der Waals surface area (Å²) in [5, 5.41) is 3.52. The summed E-state index contributed by atoms with van der Waals surface area (Å²) in [5.74, 6) is 1.88. The molecule has 1 N–H and O–H groups in total. The minimum absolute atomic E-state index is 0.518.